The van der Waals surface area contributed by atoms with Crippen molar-refractivity contribution in [3.05, 3.63) is 51.7 Å². The highest BCUT2D eigenvalue weighted by atomic mass is 16.5. The summed E-state index contributed by atoms with van der Waals surface area (Å²) in [6.45, 7) is 4.00. The van der Waals surface area contributed by atoms with E-state index in [2.05, 4.69) is 6.07 Å². The maximum atomic E-state index is 12.4. The van der Waals surface area contributed by atoms with Crippen LogP contribution < -0.4 is 10.7 Å². The number of rotatable bonds is 2. The molecule has 1 aliphatic rings. The minimum Gasteiger partial charge on any atom is -0.465 e. The van der Waals surface area contributed by atoms with Crippen LogP contribution in [0.15, 0.2) is 29.8 Å². The molecule has 0 bridgehead atoms. The maximum Gasteiger partial charge on any atom is 0.340 e. The first-order valence-corrected chi connectivity index (χ1v) is 7.20. The largest absolute Gasteiger partial charge is 0.465 e. The van der Waals surface area contributed by atoms with Crippen LogP contribution in [-0.2, 0) is 19.1 Å². The highest BCUT2D eigenvalue weighted by molar-refractivity contribution is 6.25. The molecule has 1 aliphatic heterocycles. The number of aromatic nitrogens is 1. The molecule has 3 heterocycles. The van der Waals surface area contributed by atoms with E-state index in [-0.39, 0.29) is 11.1 Å². The second kappa shape index (κ2) is 5.43. The number of ether oxygens (including phenoxy) is 2. The molecule has 0 saturated heterocycles. The second-order valence-corrected chi connectivity index (χ2v) is 5.44. The van der Waals surface area contributed by atoms with Gasteiger partial charge in [-0.2, -0.15) is 0 Å². The number of methoxy groups -OCH3 is 2. The molecule has 0 unspecified atom stereocenters. The third-order valence-corrected chi connectivity index (χ3v) is 4.10. The zero-order valence-corrected chi connectivity index (χ0v) is 13.5. The lowest BCUT2D eigenvalue weighted by Crippen LogP contribution is -2.30. The summed E-state index contributed by atoms with van der Waals surface area (Å²) >= 11 is 0. The molecule has 0 amide bonds. The summed E-state index contributed by atoms with van der Waals surface area (Å²) in [7, 11) is 2.59. The molecule has 0 radical (unpaired) electrons. The van der Waals surface area contributed by atoms with E-state index in [1.165, 1.54) is 14.2 Å². The predicted octanol–water partition coefficient (Wildman–Crippen LogP) is 0.773. The van der Waals surface area contributed by atoms with Crippen molar-refractivity contribution in [2.75, 3.05) is 14.2 Å². The monoisotopic (exact) mass is 311 g/mol. The van der Waals surface area contributed by atoms with E-state index in [1.54, 1.807) is 6.08 Å². The standard InChI is InChI=1S/C18H17NO4/c1-10-5-7-14-16(18(21)23-4)12(17(20)22-3)6-8-13-11(2)9-15(10)19(13)14/h5-9H,1-4H3. The third kappa shape index (κ3) is 2.16. The first-order valence-electron chi connectivity index (χ1n) is 7.20. The molecular weight excluding hydrogens is 294 g/mol. The van der Waals surface area contributed by atoms with Gasteiger partial charge in [-0.25, -0.2) is 9.59 Å². The number of pyridine rings is 1. The van der Waals surface area contributed by atoms with Gasteiger partial charge in [-0.1, -0.05) is 6.07 Å². The van der Waals surface area contributed by atoms with Crippen LogP contribution in [0.2, 0.25) is 0 Å². The van der Waals surface area contributed by atoms with E-state index >= 15 is 0 Å². The summed E-state index contributed by atoms with van der Waals surface area (Å²) in [5.41, 5.74) is 3.53. The van der Waals surface area contributed by atoms with Crippen molar-refractivity contribution >= 4 is 29.1 Å². The summed E-state index contributed by atoms with van der Waals surface area (Å²) in [6, 6.07) is 5.82. The van der Waals surface area contributed by atoms with Crippen molar-refractivity contribution in [3.8, 4) is 0 Å². The Morgan fingerprint density at radius 1 is 0.957 bits per heavy atom. The first-order chi connectivity index (χ1) is 11.0. The summed E-state index contributed by atoms with van der Waals surface area (Å²) in [5.74, 6) is -1.14. The van der Waals surface area contributed by atoms with Gasteiger partial charge in [0.1, 0.15) is 0 Å². The molecule has 0 aromatic carbocycles. The Balaban J connectivity index is 2.58. The molecule has 5 heteroatoms. The van der Waals surface area contributed by atoms with Gasteiger partial charge in [-0.3, -0.25) is 0 Å². The molecule has 0 spiro atoms. The number of carbonyl (C=O) groups is 2. The number of carbonyl (C=O) groups excluding carboxylic acids is 2. The van der Waals surface area contributed by atoms with Crippen molar-refractivity contribution in [1.29, 1.82) is 0 Å². The molecular formula is C18H17NO4. The van der Waals surface area contributed by atoms with Gasteiger partial charge in [-0.05, 0) is 49.3 Å². The summed E-state index contributed by atoms with van der Waals surface area (Å²) in [6.07, 6.45) is 3.44. The maximum absolute atomic E-state index is 12.4. The molecule has 0 saturated carbocycles. The fourth-order valence-electron chi connectivity index (χ4n) is 2.94. The first kappa shape index (κ1) is 15.1. The average molecular weight is 311 g/mol. The van der Waals surface area contributed by atoms with Crippen LogP contribution >= 0.6 is 0 Å². The highest BCUT2D eigenvalue weighted by Gasteiger charge is 2.25. The Morgan fingerprint density at radius 3 is 2.30 bits per heavy atom. The minimum absolute atomic E-state index is 0.188. The van der Waals surface area contributed by atoms with Crippen LogP contribution in [0.3, 0.4) is 0 Å². The van der Waals surface area contributed by atoms with Crippen molar-refractivity contribution in [3.63, 3.8) is 0 Å². The van der Waals surface area contributed by atoms with E-state index in [0.717, 1.165) is 22.0 Å². The predicted molar refractivity (Wildman–Crippen MR) is 86.1 cm³/mol. The molecule has 118 valence electrons. The molecule has 0 aliphatic carbocycles. The van der Waals surface area contributed by atoms with Crippen LogP contribution in [0.4, 0.5) is 0 Å². The fraction of sp³-hybridized carbons (Fsp3) is 0.222. The van der Waals surface area contributed by atoms with Gasteiger partial charge in [0.25, 0.3) is 0 Å². The van der Waals surface area contributed by atoms with Gasteiger partial charge in [0.15, 0.2) is 0 Å². The Hall–Kier alpha value is -2.82. The Kier molecular flexibility index (Phi) is 3.56. The zero-order chi connectivity index (χ0) is 16.7. The van der Waals surface area contributed by atoms with E-state index in [0.29, 0.717) is 5.35 Å². The van der Waals surface area contributed by atoms with Gasteiger partial charge < -0.3 is 13.9 Å². The van der Waals surface area contributed by atoms with Crippen molar-refractivity contribution in [2.45, 2.75) is 13.8 Å². The highest BCUT2D eigenvalue weighted by Crippen LogP contribution is 2.17. The van der Waals surface area contributed by atoms with Crippen LogP contribution in [0.25, 0.3) is 17.2 Å². The van der Waals surface area contributed by atoms with Gasteiger partial charge in [0, 0.05) is 10.9 Å². The smallest absolute Gasteiger partial charge is 0.340 e. The number of esters is 2. The van der Waals surface area contributed by atoms with Crippen molar-refractivity contribution in [1.82, 2.24) is 4.40 Å². The van der Waals surface area contributed by atoms with Gasteiger partial charge in [-0.15, -0.1) is 0 Å². The van der Waals surface area contributed by atoms with Crippen LogP contribution in [-0.4, -0.2) is 30.6 Å². The van der Waals surface area contributed by atoms with Gasteiger partial charge >= 0.3 is 11.9 Å². The van der Waals surface area contributed by atoms with E-state index in [4.69, 9.17) is 9.47 Å². The van der Waals surface area contributed by atoms with Gasteiger partial charge in [0.05, 0.1) is 30.7 Å². The minimum atomic E-state index is -0.571. The van der Waals surface area contributed by atoms with Crippen LogP contribution in [0.5, 0.6) is 0 Å². The van der Waals surface area contributed by atoms with Crippen molar-refractivity contribution < 1.29 is 19.1 Å². The van der Waals surface area contributed by atoms with Crippen molar-refractivity contribution in [2.24, 2.45) is 0 Å². The zero-order valence-electron chi connectivity index (χ0n) is 13.5. The Morgan fingerprint density at radius 2 is 1.65 bits per heavy atom. The number of allylic oxidation sites excluding steroid dienone is 1. The molecule has 23 heavy (non-hydrogen) atoms. The molecule has 2 aromatic rings. The topological polar surface area (TPSA) is 57.0 Å². The SMILES string of the molecule is COC(=O)C1=CC=c2c(C)cc3c(C)ccc(n23)=C1C(=O)OC. The number of hydrogen-bond acceptors (Lipinski definition) is 4. The molecule has 0 fully saturated rings. The summed E-state index contributed by atoms with van der Waals surface area (Å²) in [4.78, 5) is 24.5. The average Bonchev–Trinajstić information content (AvgIpc) is 2.78. The molecule has 5 nitrogen and oxygen atoms in total. The summed E-state index contributed by atoms with van der Waals surface area (Å²) < 4.78 is 11.7. The second-order valence-electron chi connectivity index (χ2n) is 5.44. The fourth-order valence-corrected chi connectivity index (χ4v) is 2.94. The molecule has 2 aromatic heterocycles. The van der Waals surface area contributed by atoms with E-state index in [1.807, 2.05) is 36.5 Å². The molecule has 3 rings (SSSR count). The third-order valence-electron chi connectivity index (χ3n) is 4.10. The normalized spacial score (nSPS) is 13.2. The quantitative estimate of drug-likeness (QED) is 0.769. The molecule has 0 N–H and O–H groups in total. The van der Waals surface area contributed by atoms with Crippen LogP contribution in [0, 0.1) is 13.8 Å². The van der Waals surface area contributed by atoms with E-state index in [9.17, 15) is 9.59 Å². The Labute approximate surface area is 133 Å². The number of aryl methyl sites for hydroxylation is 2. The molecule has 0 atom stereocenters. The van der Waals surface area contributed by atoms with Crippen LogP contribution in [0.1, 0.15) is 11.1 Å². The lowest BCUT2D eigenvalue weighted by atomic mass is 10.0. The van der Waals surface area contributed by atoms with Gasteiger partial charge in [0.2, 0.25) is 0 Å². The Bertz CT molecular complexity index is 992. The number of hydrogen-bond donors (Lipinski definition) is 0. The lowest BCUT2D eigenvalue weighted by Gasteiger charge is -2.09. The lowest BCUT2D eigenvalue weighted by molar-refractivity contribution is -0.138. The van der Waals surface area contributed by atoms with E-state index < -0.39 is 11.9 Å². The number of nitrogens with zero attached hydrogens (tertiary/aromatic N) is 1. The summed E-state index contributed by atoms with van der Waals surface area (Å²) in [5, 5.41) is 1.55.